The maximum atomic E-state index is 14.0. The number of benzene rings is 2. The lowest BCUT2D eigenvalue weighted by Crippen LogP contribution is -2.61. The van der Waals surface area contributed by atoms with Crippen molar-refractivity contribution in [1.29, 1.82) is 0 Å². The Bertz CT molecular complexity index is 2070. The van der Waals surface area contributed by atoms with E-state index in [1.54, 1.807) is 12.3 Å². The number of anilines is 1. The minimum Gasteiger partial charge on any atom is -0.481 e. The van der Waals surface area contributed by atoms with Crippen LogP contribution in [0.15, 0.2) is 43.6 Å². The fourth-order valence-electron chi connectivity index (χ4n) is 8.90. The normalized spacial score (nSPS) is 19.9. The number of fused-ring (bicyclic) bond motifs is 2. The van der Waals surface area contributed by atoms with Crippen molar-refractivity contribution >= 4 is 39.6 Å². The molecule has 1 amide bonds. The van der Waals surface area contributed by atoms with Gasteiger partial charge in [-0.25, -0.2) is 0 Å². The number of nitrogens with zero attached hydrogens (tertiary/aromatic N) is 6. The van der Waals surface area contributed by atoms with Gasteiger partial charge in [-0.1, -0.05) is 25.3 Å². The Kier molecular flexibility index (Phi) is 10.2. The molecule has 2 aromatic carbocycles. The quantitative estimate of drug-likeness (QED) is 0.172. The van der Waals surface area contributed by atoms with Crippen molar-refractivity contribution in [3.63, 3.8) is 0 Å². The van der Waals surface area contributed by atoms with E-state index in [-0.39, 0.29) is 34.7 Å². The molecule has 4 fully saturated rings. The lowest BCUT2D eigenvalue weighted by molar-refractivity contribution is -0.153. The first kappa shape index (κ1) is 37.2. The number of aromatic nitrogens is 4. The third-order valence-corrected chi connectivity index (χ3v) is 11.9. The van der Waals surface area contributed by atoms with Crippen LogP contribution >= 0.6 is 0 Å². The monoisotopic (exact) mass is 759 g/mol. The van der Waals surface area contributed by atoms with Crippen molar-refractivity contribution < 1.29 is 32.2 Å². The van der Waals surface area contributed by atoms with Crippen LogP contribution in [0.4, 0.5) is 19.0 Å². The van der Waals surface area contributed by atoms with Gasteiger partial charge in [-0.3, -0.25) is 9.89 Å². The molecule has 1 spiro atoms. The SMILES string of the molecule is C=CC(=O)N1CC2(CCN(c3nc(OC4CCN(CC5CCOCC5)CC4)nc4c(OCC(F)(F)F)c(-c5c(C)ccc6[nH]ncc56)c(C=C)cc34)CC2)C1. The first-order valence-corrected chi connectivity index (χ1v) is 19.3. The van der Waals surface area contributed by atoms with Crippen LogP contribution in [0.25, 0.3) is 39.0 Å². The number of carbonyl (C=O) groups is 1. The molecule has 0 atom stereocenters. The first-order chi connectivity index (χ1) is 26.5. The Morgan fingerprint density at radius 2 is 1.78 bits per heavy atom. The zero-order chi connectivity index (χ0) is 38.3. The first-order valence-electron chi connectivity index (χ1n) is 19.3. The molecule has 11 nitrogen and oxygen atoms in total. The molecule has 8 rings (SSSR count). The lowest BCUT2D eigenvalue weighted by atomic mass is 9.72. The minimum absolute atomic E-state index is 0.00708. The van der Waals surface area contributed by atoms with E-state index in [0.717, 1.165) is 87.8 Å². The number of likely N-dealkylation sites (tertiary alicyclic amines) is 2. The average Bonchev–Trinajstić information content (AvgIpc) is 3.65. The summed E-state index contributed by atoms with van der Waals surface area (Å²) in [5.41, 5.74) is 3.54. The van der Waals surface area contributed by atoms with Gasteiger partial charge in [0.1, 0.15) is 17.4 Å². The summed E-state index contributed by atoms with van der Waals surface area (Å²) in [4.78, 5) is 28.6. The molecule has 4 aromatic rings. The number of amides is 1. The van der Waals surface area contributed by atoms with E-state index in [9.17, 15) is 18.0 Å². The van der Waals surface area contributed by atoms with Gasteiger partial charge in [0.05, 0.1) is 11.7 Å². The number of hydrogen-bond acceptors (Lipinski definition) is 9. The highest BCUT2D eigenvalue weighted by Crippen LogP contribution is 2.48. The summed E-state index contributed by atoms with van der Waals surface area (Å²) < 4.78 is 60.0. The number of nitrogens with one attached hydrogen (secondary N) is 1. The second kappa shape index (κ2) is 15.1. The number of rotatable bonds is 10. The van der Waals surface area contributed by atoms with Crippen LogP contribution in [0, 0.1) is 18.3 Å². The number of H-pyrrole nitrogens is 1. The Morgan fingerprint density at radius 3 is 2.47 bits per heavy atom. The minimum atomic E-state index is -4.61. The summed E-state index contributed by atoms with van der Waals surface area (Å²) in [6.07, 6.45) is 5.28. The van der Waals surface area contributed by atoms with Crippen LogP contribution in [0.3, 0.4) is 0 Å². The van der Waals surface area contributed by atoms with Crippen molar-refractivity contribution in [3.8, 4) is 22.9 Å². The molecule has 4 saturated heterocycles. The summed E-state index contributed by atoms with van der Waals surface area (Å²) in [6.45, 7) is 15.2. The molecule has 14 heteroatoms. The fourth-order valence-corrected chi connectivity index (χ4v) is 8.90. The number of aromatic amines is 1. The average molecular weight is 760 g/mol. The molecule has 0 unspecified atom stereocenters. The van der Waals surface area contributed by atoms with Crippen LogP contribution in [0.2, 0.25) is 0 Å². The summed E-state index contributed by atoms with van der Waals surface area (Å²) in [5.74, 6) is 1.14. The van der Waals surface area contributed by atoms with Gasteiger partial charge in [0.25, 0.3) is 0 Å². The van der Waals surface area contributed by atoms with Crippen molar-refractivity contribution in [2.75, 3.05) is 70.5 Å². The lowest BCUT2D eigenvalue weighted by Gasteiger charge is -2.54. The van der Waals surface area contributed by atoms with Crippen molar-refractivity contribution in [3.05, 3.63) is 54.8 Å². The number of carbonyl (C=O) groups excluding carboxylic acids is 1. The topological polar surface area (TPSA) is 109 Å². The zero-order valence-corrected chi connectivity index (χ0v) is 31.3. The van der Waals surface area contributed by atoms with Gasteiger partial charge in [-0.05, 0) is 86.3 Å². The molecule has 292 valence electrons. The van der Waals surface area contributed by atoms with Gasteiger partial charge in [0.15, 0.2) is 12.4 Å². The molecule has 0 aliphatic carbocycles. The standard InChI is InChI=1S/C41H48F3N7O4/c1-4-28-20-30-36(37(54-25-41(42,43)44)35(28)34-26(3)6-7-32-31(34)21-45-48-32)46-39(55-29-8-14-49(15-9-29)22-27-10-18-53-19-11-27)47-38(30)50-16-12-40(13-17-50)23-51(24-40)33(52)5-2/h4-7,20-21,27,29H,1-2,8-19,22-25H2,3H3,(H,45,48). The van der Waals surface area contributed by atoms with Crippen molar-refractivity contribution in [2.45, 2.75) is 57.7 Å². The second-order valence-electron chi connectivity index (χ2n) is 15.7. The third kappa shape index (κ3) is 7.62. The predicted molar refractivity (Wildman–Crippen MR) is 205 cm³/mol. The Balaban J connectivity index is 1.19. The van der Waals surface area contributed by atoms with Crippen LogP contribution in [0.5, 0.6) is 11.8 Å². The molecule has 6 heterocycles. The number of ether oxygens (including phenoxy) is 3. The second-order valence-corrected chi connectivity index (χ2v) is 15.7. The van der Waals surface area contributed by atoms with E-state index in [4.69, 9.17) is 24.2 Å². The van der Waals surface area contributed by atoms with Gasteiger partial charge in [-0.2, -0.15) is 28.2 Å². The molecule has 55 heavy (non-hydrogen) atoms. The molecule has 4 aliphatic heterocycles. The van der Waals surface area contributed by atoms with Crippen LogP contribution in [0.1, 0.15) is 49.7 Å². The Labute approximate surface area is 318 Å². The predicted octanol–water partition coefficient (Wildman–Crippen LogP) is 6.95. The number of hydrogen-bond donors (Lipinski definition) is 1. The molecule has 0 saturated carbocycles. The summed E-state index contributed by atoms with van der Waals surface area (Å²) >= 11 is 0. The molecular formula is C41H48F3N7O4. The van der Waals surface area contributed by atoms with E-state index in [1.165, 1.54) is 6.08 Å². The van der Waals surface area contributed by atoms with E-state index in [2.05, 4.69) is 33.2 Å². The highest BCUT2D eigenvalue weighted by Gasteiger charge is 2.46. The summed E-state index contributed by atoms with van der Waals surface area (Å²) in [7, 11) is 0. The van der Waals surface area contributed by atoms with Gasteiger partial charge >= 0.3 is 12.2 Å². The molecular weight excluding hydrogens is 711 g/mol. The van der Waals surface area contributed by atoms with E-state index < -0.39 is 12.8 Å². The number of alkyl halides is 3. The Morgan fingerprint density at radius 1 is 1.04 bits per heavy atom. The molecule has 0 bridgehead atoms. The maximum Gasteiger partial charge on any atom is 0.422 e. The molecule has 4 aliphatic rings. The maximum absolute atomic E-state index is 14.0. The van der Waals surface area contributed by atoms with Crippen molar-refractivity contribution in [1.82, 2.24) is 30.0 Å². The number of piperidine rings is 2. The zero-order valence-electron chi connectivity index (χ0n) is 31.3. The van der Waals surface area contributed by atoms with Crippen LogP contribution in [-0.2, 0) is 9.53 Å². The molecule has 1 N–H and O–H groups in total. The van der Waals surface area contributed by atoms with Gasteiger partial charge in [0, 0.05) is 80.8 Å². The Hall–Kier alpha value is -4.69. The van der Waals surface area contributed by atoms with E-state index in [1.807, 2.05) is 30.0 Å². The van der Waals surface area contributed by atoms with Gasteiger partial charge in [0.2, 0.25) is 5.91 Å². The molecule has 2 aromatic heterocycles. The number of aryl methyl sites for hydroxylation is 1. The van der Waals surface area contributed by atoms with Crippen molar-refractivity contribution in [2.24, 2.45) is 11.3 Å². The largest absolute Gasteiger partial charge is 0.481 e. The van der Waals surface area contributed by atoms with Crippen LogP contribution < -0.4 is 14.4 Å². The highest BCUT2D eigenvalue weighted by atomic mass is 19.4. The summed E-state index contributed by atoms with van der Waals surface area (Å²) in [5, 5.41) is 8.51. The van der Waals surface area contributed by atoms with E-state index >= 15 is 0 Å². The fraction of sp³-hybridized carbons (Fsp3) is 0.512. The highest BCUT2D eigenvalue weighted by molar-refractivity contribution is 6.07. The third-order valence-electron chi connectivity index (χ3n) is 11.9. The van der Waals surface area contributed by atoms with Crippen LogP contribution in [-0.4, -0.2) is 114 Å². The smallest absolute Gasteiger partial charge is 0.422 e. The molecule has 0 radical (unpaired) electrons. The van der Waals surface area contributed by atoms with Gasteiger partial charge < -0.3 is 28.9 Å². The van der Waals surface area contributed by atoms with Gasteiger partial charge in [-0.15, -0.1) is 0 Å². The number of halogens is 3. The summed E-state index contributed by atoms with van der Waals surface area (Å²) in [6, 6.07) is 5.82. The van der Waals surface area contributed by atoms with E-state index in [0.29, 0.717) is 60.0 Å².